The Bertz CT molecular complexity index is 954. The van der Waals surface area contributed by atoms with Crippen molar-refractivity contribution >= 4 is 18.4 Å². The lowest BCUT2D eigenvalue weighted by atomic mass is 10.1. The van der Waals surface area contributed by atoms with Gasteiger partial charge in [-0.15, -0.1) is 0 Å². The third kappa shape index (κ3) is 3.85. The monoisotopic (exact) mass is 352 g/mol. The fourth-order valence-corrected chi connectivity index (χ4v) is 2.72. The Kier molecular flexibility index (Phi) is 5.09. The molecule has 0 saturated carbocycles. The minimum absolute atomic E-state index is 0.449. The predicted molar refractivity (Wildman–Crippen MR) is 103 cm³/mol. The van der Waals surface area contributed by atoms with E-state index in [-0.39, 0.29) is 0 Å². The molecule has 0 amide bonds. The second-order valence-electron chi connectivity index (χ2n) is 5.73. The number of aromatic nitrogens is 3. The molecule has 3 aromatic rings. The van der Waals surface area contributed by atoms with Crippen molar-refractivity contribution in [1.29, 1.82) is 0 Å². The van der Waals surface area contributed by atoms with Gasteiger partial charge in [0.1, 0.15) is 5.75 Å². The molecule has 128 valence electrons. The Morgan fingerprint density at radius 2 is 1.96 bits per heavy atom. The van der Waals surface area contributed by atoms with E-state index < -0.39 is 0 Å². The summed E-state index contributed by atoms with van der Waals surface area (Å²) < 4.78 is 7.55. The number of nitrogens with zero attached hydrogens (tertiary/aromatic N) is 3. The van der Waals surface area contributed by atoms with E-state index in [4.69, 9.17) is 17.0 Å². The third-order valence-electron chi connectivity index (χ3n) is 3.81. The molecule has 0 bridgehead atoms. The lowest BCUT2D eigenvalue weighted by molar-refractivity contribution is 0.340. The molecule has 0 radical (unpaired) electrons. The summed E-state index contributed by atoms with van der Waals surface area (Å²) in [5.74, 6) is 1.49. The van der Waals surface area contributed by atoms with Crippen LogP contribution in [-0.4, -0.2) is 27.7 Å². The van der Waals surface area contributed by atoms with Gasteiger partial charge in [0.2, 0.25) is 4.77 Å². The van der Waals surface area contributed by atoms with Crippen LogP contribution in [0.25, 0.3) is 11.4 Å². The first-order valence-corrected chi connectivity index (χ1v) is 8.51. The summed E-state index contributed by atoms with van der Waals surface area (Å²) in [6.07, 6.45) is 1.80. The number of H-pyrrole nitrogens is 1. The Morgan fingerprint density at radius 3 is 2.64 bits per heavy atom. The van der Waals surface area contributed by atoms with Crippen LogP contribution in [0.4, 0.5) is 0 Å². The highest BCUT2D eigenvalue weighted by Gasteiger charge is 2.08. The van der Waals surface area contributed by atoms with Gasteiger partial charge in [-0.25, -0.2) is 5.10 Å². The van der Waals surface area contributed by atoms with E-state index in [1.807, 2.05) is 31.2 Å². The topological polar surface area (TPSA) is 55.2 Å². The molecular formula is C19H20N4OS. The molecule has 3 rings (SSSR count). The largest absolute Gasteiger partial charge is 0.494 e. The maximum absolute atomic E-state index is 5.48. The van der Waals surface area contributed by atoms with Crippen LogP contribution >= 0.6 is 12.2 Å². The molecule has 5 nitrogen and oxygen atoms in total. The molecule has 25 heavy (non-hydrogen) atoms. The average Bonchev–Trinajstić information content (AvgIpc) is 2.96. The summed E-state index contributed by atoms with van der Waals surface area (Å²) in [4.78, 5) is 0. The first-order chi connectivity index (χ1) is 12.1. The lowest BCUT2D eigenvalue weighted by Gasteiger charge is -2.05. The highest BCUT2D eigenvalue weighted by atomic mass is 32.1. The number of hydrogen-bond donors (Lipinski definition) is 1. The maximum Gasteiger partial charge on any atom is 0.216 e. The van der Waals surface area contributed by atoms with E-state index >= 15 is 0 Å². The highest BCUT2D eigenvalue weighted by molar-refractivity contribution is 7.71. The Morgan fingerprint density at radius 1 is 1.20 bits per heavy atom. The van der Waals surface area contributed by atoms with Crippen molar-refractivity contribution in [2.75, 3.05) is 6.61 Å². The number of nitrogens with one attached hydrogen (secondary N) is 1. The normalized spacial score (nSPS) is 11.2. The molecule has 0 spiro atoms. The van der Waals surface area contributed by atoms with E-state index in [1.165, 1.54) is 11.1 Å². The van der Waals surface area contributed by atoms with Gasteiger partial charge < -0.3 is 4.74 Å². The summed E-state index contributed by atoms with van der Waals surface area (Å²) in [5.41, 5.74) is 4.35. The van der Waals surface area contributed by atoms with Gasteiger partial charge in [-0.2, -0.15) is 14.9 Å². The third-order valence-corrected chi connectivity index (χ3v) is 4.08. The Hall–Kier alpha value is -2.73. The lowest BCUT2D eigenvalue weighted by Crippen LogP contribution is -1.97. The minimum Gasteiger partial charge on any atom is -0.494 e. The number of aryl methyl sites for hydroxylation is 2. The van der Waals surface area contributed by atoms with Crippen LogP contribution in [0.15, 0.2) is 47.6 Å². The first kappa shape index (κ1) is 17.1. The van der Waals surface area contributed by atoms with Gasteiger partial charge >= 0.3 is 0 Å². The fourth-order valence-electron chi connectivity index (χ4n) is 2.54. The molecule has 0 fully saturated rings. The van der Waals surface area contributed by atoms with Crippen molar-refractivity contribution < 1.29 is 4.74 Å². The number of benzene rings is 2. The first-order valence-electron chi connectivity index (χ1n) is 8.10. The summed E-state index contributed by atoms with van der Waals surface area (Å²) in [5, 5.41) is 11.6. The zero-order chi connectivity index (χ0) is 17.8. The van der Waals surface area contributed by atoms with E-state index in [9.17, 15) is 0 Å². The molecule has 1 aromatic heterocycles. The minimum atomic E-state index is 0.449. The number of aromatic amines is 1. The smallest absolute Gasteiger partial charge is 0.216 e. The van der Waals surface area contributed by atoms with Crippen LogP contribution in [0.5, 0.6) is 5.75 Å². The zero-order valence-corrected chi connectivity index (χ0v) is 15.3. The van der Waals surface area contributed by atoms with E-state index in [0.717, 1.165) is 16.9 Å². The van der Waals surface area contributed by atoms with Crippen molar-refractivity contribution in [3.63, 3.8) is 0 Å². The van der Waals surface area contributed by atoms with Crippen LogP contribution < -0.4 is 4.74 Å². The molecule has 2 aromatic carbocycles. The quantitative estimate of drug-likeness (QED) is 0.543. The van der Waals surface area contributed by atoms with Gasteiger partial charge in [0.15, 0.2) is 5.82 Å². The fraction of sp³-hybridized carbons (Fsp3) is 0.211. The SMILES string of the molecule is CCOc1ccc(-c2n[nH]c(=S)n2/N=C\c2ccc(C)cc2C)cc1. The zero-order valence-electron chi connectivity index (χ0n) is 14.5. The predicted octanol–water partition coefficient (Wildman–Crippen LogP) is 4.51. The van der Waals surface area contributed by atoms with Crippen LogP contribution in [-0.2, 0) is 0 Å². The molecule has 0 atom stereocenters. The van der Waals surface area contributed by atoms with E-state index in [0.29, 0.717) is 17.2 Å². The highest BCUT2D eigenvalue weighted by Crippen LogP contribution is 2.21. The van der Waals surface area contributed by atoms with Gasteiger partial charge in [-0.05, 0) is 68.4 Å². The Labute approximate surface area is 152 Å². The van der Waals surface area contributed by atoms with Crippen molar-refractivity contribution in [2.45, 2.75) is 20.8 Å². The Balaban J connectivity index is 1.94. The molecule has 0 aliphatic rings. The second kappa shape index (κ2) is 7.44. The van der Waals surface area contributed by atoms with Crippen molar-refractivity contribution in [2.24, 2.45) is 5.10 Å². The van der Waals surface area contributed by atoms with Crippen molar-refractivity contribution in [1.82, 2.24) is 14.9 Å². The summed E-state index contributed by atoms with van der Waals surface area (Å²) in [6, 6.07) is 14.0. The second-order valence-corrected chi connectivity index (χ2v) is 6.11. The van der Waals surface area contributed by atoms with Crippen LogP contribution in [0.1, 0.15) is 23.6 Å². The molecule has 0 unspecified atom stereocenters. The van der Waals surface area contributed by atoms with E-state index in [2.05, 4.69) is 47.3 Å². The summed E-state index contributed by atoms with van der Waals surface area (Å²) in [7, 11) is 0. The summed E-state index contributed by atoms with van der Waals surface area (Å²) >= 11 is 5.32. The molecule has 1 N–H and O–H groups in total. The number of hydrogen-bond acceptors (Lipinski definition) is 4. The number of rotatable bonds is 5. The van der Waals surface area contributed by atoms with Crippen LogP contribution in [0, 0.1) is 18.6 Å². The van der Waals surface area contributed by atoms with Gasteiger partial charge in [-0.1, -0.05) is 23.8 Å². The van der Waals surface area contributed by atoms with Crippen LogP contribution in [0.2, 0.25) is 0 Å². The van der Waals surface area contributed by atoms with Crippen molar-refractivity contribution in [3.05, 3.63) is 63.9 Å². The van der Waals surface area contributed by atoms with Gasteiger partial charge in [0.25, 0.3) is 0 Å². The van der Waals surface area contributed by atoms with Gasteiger partial charge in [0, 0.05) is 5.56 Å². The van der Waals surface area contributed by atoms with Gasteiger partial charge in [-0.3, -0.25) is 0 Å². The molecule has 1 heterocycles. The molecule has 0 saturated heterocycles. The molecule has 0 aliphatic heterocycles. The molecule has 6 heteroatoms. The van der Waals surface area contributed by atoms with Crippen LogP contribution in [0.3, 0.4) is 0 Å². The average molecular weight is 352 g/mol. The van der Waals surface area contributed by atoms with E-state index in [1.54, 1.807) is 10.9 Å². The number of ether oxygens (including phenoxy) is 1. The molecule has 0 aliphatic carbocycles. The maximum atomic E-state index is 5.48. The van der Waals surface area contributed by atoms with Gasteiger partial charge in [0.05, 0.1) is 12.8 Å². The summed E-state index contributed by atoms with van der Waals surface area (Å²) in [6.45, 7) is 6.74. The van der Waals surface area contributed by atoms with Crippen molar-refractivity contribution in [3.8, 4) is 17.1 Å². The molecular weight excluding hydrogens is 332 g/mol. The standard InChI is InChI=1S/C19H20N4OS/c1-4-24-17-9-7-15(8-10-17)18-21-22-19(25)23(18)20-12-16-6-5-13(2)11-14(16)3/h5-12H,4H2,1-3H3,(H,22,25)/b20-12-.